The van der Waals surface area contributed by atoms with Gasteiger partial charge in [-0.2, -0.15) is 0 Å². The van der Waals surface area contributed by atoms with Gasteiger partial charge in [0, 0.05) is 13.1 Å². The Balaban J connectivity index is 2.54. The van der Waals surface area contributed by atoms with Gasteiger partial charge >= 0.3 is 0 Å². The van der Waals surface area contributed by atoms with Crippen LogP contribution in [0.3, 0.4) is 0 Å². The molecule has 4 heteroatoms. The van der Waals surface area contributed by atoms with Crippen molar-refractivity contribution in [1.82, 2.24) is 4.90 Å². The lowest BCUT2D eigenvalue weighted by Gasteiger charge is -2.21. The Morgan fingerprint density at radius 2 is 2.18 bits per heavy atom. The van der Waals surface area contributed by atoms with Crippen LogP contribution in [-0.2, 0) is 11.2 Å². The molecule has 0 saturated heterocycles. The molecule has 1 aromatic rings. The van der Waals surface area contributed by atoms with Gasteiger partial charge in [0.05, 0.1) is 6.54 Å². The van der Waals surface area contributed by atoms with E-state index in [-0.39, 0.29) is 18.3 Å². The van der Waals surface area contributed by atoms with Gasteiger partial charge < -0.3 is 10.6 Å². The Hall–Kier alpha value is -1.42. The predicted octanol–water partition coefficient (Wildman–Crippen LogP) is 1.57. The number of hydrogen-bond donors (Lipinski definition) is 1. The largest absolute Gasteiger partial charge is 0.341 e. The fourth-order valence-electron chi connectivity index (χ4n) is 1.72. The summed E-state index contributed by atoms with van der Waals surface area (Å²) >= 11 is 0. The van der Waals surface area contributed by atoms with E-state index in [2.05, 4.69) is 0 Å². The van der Waals surface area contributed by atoms with E-state index in [4.69, 9.17) is 5.73 Å². The summed E-state index contributed by atoms with van der Waals surface area (Å²) < 4.78 is 13.0. The number of nitrogens with two attached hydrogens (primary N) is 1. The summed E-state index contributed by atoms with van der Waals surface area (Å²) in [6.45, 7) is 3.33. The van der Waals surface area contributed by atoms with E-state index in [9.17, 15) is 9.18 Å². The molecule has 3 nitrogen and oxygen atoms in total. The van der Waals surface area contributed by atoms with Crippen molar-refractivity contribution in [1.29, 1.82) is 0 Å². The molecule has 2 N–H and O–H groups in total. The second-order valence-corrected chi connectivity index (χ2v) is 3.96. The van der Waals surface area contributed by atoms with Crippen LogP contribution in [0.15, 0.2) is 24.3 Å². The highest BCUT2D eigenvalue weighted by atomic mass is 19.1. The van der Waals surface area contributed by atoms with Gasteiger partial charge in [-0.25, -0.2) is 4.39 Å². The monoisotopic (exact) mass is 238 g/mol. The first kappa shape index (κ1) is 13.6. The Labute approximate surface area is 101 Å². The van der Waals surface area contributed by atoms with E-state index < -0.39 is 0 Å². The minimum Gasteiger partial charge on any atom is -0.341 e. The smallest absolute Gasteiger partial charge is 0.236 e. The van der Waals surface area contributed by atoms with Crippen molar-refractivity contribution in [3.05, 3.63) is 35.6 Å². The molecule has 0 aliphatic rings. The van der Waals surface area contributed by atoms with Crippen LogP contribution >= 0.6 is 0 Å². The van der Waals surface area contributed by atoms with Crippen LogP contribution in [0, 0.1) is 5.82 Å². The first-order valence-electron chi connectivity index (χ1n) is 5.89. The van der Waals surface area contributed by atoms with Gasteiger partial charge in [0.2, 0.25) is 5.91 Å². The van der Waals surface area contributed by atoms with Crippen LogP contribution < -0.4 is 5.73 Å². The van der Waals surface area contributed by atoms with E-state index >= 15 is 0 Å². The van der Waals surface area contributed by atoms with Gasteiger partial charge in [-0.15, -0.1) is 0 Å². The molecule has 0 radical (unpaired) electrons. The highest BCUT2D eigenvalue weighted by molar-refractivity contribution is 5.78. The molecule has 0 fully saturated rings. The van der Waals surface area contributed by atoms with E-state index in [0.717, 1.165) is 12.0 Å². The van der Waals surface area contributed by atoms with E-state index in [1.165, 1.54) is 12.1 Å². The highest BCUT2D eigenvalue weighted by Crippen LogP contribution is 2.05. The summed E-state index contributed by atoms with van der Waals surface area (Å²) in [5.41, 5.74) is 6.24. The molecular weight excluding hydrogens is 219 g/mol. The summed E-state index contributed by atoms with van der Waals surface area (Å²) in [6.07, 6.45) is 1.55. The number of amides is 1. The number of halogens is 1. The third-order valence-electron chi connectivity index (χ3n) is 2.58. The molecule has 0 spiro atoms. The molecule has 0 saturated carbocycles. The third-order valence-corrected chi connectivity index (χ3v) is 2.58. The molecule has 0 aromatic heterocycles. The van der Waals surface area contributed by atoms with Crippen LogP contribution in [0.4, 0.5) is 4.39 Å². The van der Waals surface area contributed by atoms with Gasteiger partial charge in [-0.1, -0.05) is 19.1 Å². The van der Waals surface area contributed by atoms with Crippen molar-refractivity contribution in [2.24, 2.45) is 5.73 Å². The second-order valence-electron chi connectivity index (χ2n) is 3.96. The Morgan fingerprint density at radius 3 is 2.76 bits per heavy atom. The molecule has 1 amide bonds. The summed E-state index contributed by atoms with van der Waals surface area (Å²) in [5, 5.41) is 0. The molecule has 0 aliphatic heterocycles. The number of rotatable bonds is 6. The predicted molar refractivity (Wildman–Crippen MR) is 66.0 cm³/mol. The Kier molecular flexibility index (Phi) is 5.63. The van der Waals surface area contributed by atoms with Crippen LogP contribution in [0.5, 0.6) is 0 Å². The molecule has 17 heavy (non-hydrogen) atoms. The number of hydrogen-bond acceptors (Lipinski definition) is 2. The number of benzene rings is 1. The molecule has 1 rings (SSSR count). The van der Waals surface area contributed by atoms with Crippen LogP contribution in [0.25, 0.3) is 0 Å². The molecule has 94 valence electrons. The zero-order chi connectivity index (χ0) is 12.7. The topological polar surface area (TPSA) is 46.3 Å². The van der Waals surface area contributed by atoms with E-state index in [1.807, 2.05) is 13.0 Å². The van der Waals surface area contributed by atoms with Crippen molar-refractivity contribution >= 4 is 5.91 Å². The minimum absolute atomic E-state index is 0.0309. The van der Waals surface area contributed by atoms with E-state index in [0.29, 0.717) is 19.5 Å². The molecule has 0 bridgehead atoms. The zero-order valence-corrected chi connectivity index (χ0v) is 10.2. The molecule has 0 atom stereocenters. The maximum atomic E-state index is 13.0. The summed E-state index contributed by atoms with van der Waals surface area (Å²) in [7, 11) is 0. The lowest BCUT2D eigenvalue weighted by Crippen LogP contribution is -2.37. The average molecular weight is 238 g/mol. The summed E-state index contributed by atoms with van der Waals surface area (Å²) in [6, 6.07) is 6.45. The Morgan fingerprint density at radius 1 is 1.41 bits per heavy atom. The fourth-order valence-corrected chi connectivity index (χ4v) is 1.72. The maximum Gasteiger partial charge on any atom is 0.236 e. The van der Waals surface area contributed by atoms with Crippen molar-refractivity contribution in [2.45, 2.75) is 19.8 Å². The van der Waals surface area contributed by atoms with Gasteiger partial charge in [0.15, 0.2) is 0 Å². The lowest BCUT2D eigenvalue weighted by molar-refractivity contribution is -0.129. The average Bonchev–Trinajstić information content (AvgIpc) is 2.33. The van der Waals surface area contributed by atoms with Gasteiger partial charge in [0.25, 0.3) is 0 Å². The maximum absolute atomic E-state index is 13.0. The SMILES string of the molecule is CCCN(CCc1cccc(F)c1)C(=O)CN. The quantitative estimate of drug-likeness (QED) is 0.817. The minimum atomic E-state index is -0.241. The van der Waals surface area contributed by atoms with Crippen molar-refractivity contribution in [3.63, 3.8) is 0 Å². The highest BCUT2D eigenvalue weighted by Gasteiger charge is 2.10. The van der Waals surface area contributed by atoms with Gasteiger partial charge in [0.1, 0.15) is 5.82 Å². The van der Waals surface area contributed by atoms with E-state index in [1.54, 1.807) is 11.0 Å². The van der Waals surface area contributed by atoms with Crippen molar-refractivity contribution < 1.29 is 9.18 Å². The lowest BCUT2D eigenvalue weighted by atomic mass is 10.1. The van der Waals surface area contributed by atoms with Crippen LogP contribution in [0.2, 0.25) is 0 Å². The number of nitrogens with zero attached hydrogens (tertiary/aromatic N) is 1. The molecule has 0 heterocycles. The normalized spacial score (nSPS) is 10.3. The standard InChI is InChI=1S/C13H19FN2O/c1-2-7-16(13(17)10-15)8-6-11-4-3-5-12(14)9-11/h3-5,9H,2,6-8,10,15H2,1H3. The molecule has 1 aromatic carbocycles. The fraction of sp³-hybridized carbons (Fsp3) is 0.462. The zero-order valence-electron chi connectivity index (χ0n) is 10.2. The number of carbonyl (C=O) groups is 1. The summed E-state index contributed by atoms with van der Waals surface area (Å²) in [5.74, 6) is -0.294. The van der Waals surface area contributed by atoms with Crippen LogP contribution in [0.1, 0.15) is 18.9 Å². The summed E-state index contributed by atoms with van der Waals surface area (Å²) in [4.78, 5) is 13.2. The first-order chi connectivity index (χ1) is 8.17. The molecule has 0 aliphatic carbocycles. The second kappa shape index (κ2) is 7.01. The molecular formula is C13H19FN2O. The van der Waals surface area contributed by atoms with Gasteiger partial charge in [-0.05, 0) is 30.5 Å². The third kappa shape index (κ3) is 4.53. The first-order valence-corrected chi connectivity index (χ1v) is 5.89. The number of carbonyl (C=O) groups excluding carboxylic acids is 1. The van der Waals surface area contributed by atoms with Crippen molar-refractivity contribution in [3.8, 4) is 0 Å². The molecule has 0 unspecified atom stereocenters. The van der Waals surface area contributed by atoms with Gasteiger partial charge in [-0.3, -0.25) is 4.79 Å². The Bertz CT molecular complexity index is 368. The van der Waals surface area contributed by atoms with Crippen LogP contribution in [-0.4, -0.2) is 30.4 Å². The van der Waals surface area contributed by atoms with Crippen molar-refractivity contribution in [2.75, 3.05) is 19.6 Å².